The third-order valence-electron chi connectivity index (χ3n) is 5.09. The molecule has 2 amide bonds. The summed E-state index contributed by atoms with van der Waals surface area (Å²) in [6.07, 6.45) is -1.61. The normalized spacial score (nSPS) is 21.1. The van der Waals surface area contributed by atoms with Crippen molar-refractivity contribution in [1.82, 2.24) is 24.8 Å². The molecular weight excluding hydrogens is 480 g/mol. The standard InChI is InChI=1S/C21H28N6O9/c1-5-6-7-22-21(32)26-20-24-17-14(18(31)25-20)23-9-27(17)19-16(35-12(4)30)15(34-11(3)29)13(36-19)8-33-10(2)28/h9,13,15-16,19H,5-8H2,1-4H3,(H3,22,24,25,26,31,32)/t13-,15-,16-,19-/m1/s1. The van der Waals surface area contributed by atoms with Crippen molar-refractivity contribution < 1.29 is 38.1 Å². The second-order valence-corrected chi connectivity index (χ2v) is 7.99. The molecule has 36 heavy (non-hydrogen) atoms. The predicted molar refractivity (Wildman–Crippen MR) is 122 cm³/mol. The fraction of sp³-hybridized carbons (Fsp3) is 0.571. The Kier molecular flexibility index (Phi) is 8.58. The first-order chi connectivity index (χ1) is 17.1. The Balaban J connectivity index is 1.98. The van der Waals surface area contributed by atoms with Gasteiger partial charge >= 0.3 is 23.9 Å². The highest BCUT2D eigenvalue weighted by Gasteiger charge is 2.51. The Hall–Kier alpha value is -4.01. The number of hydrogen-bond acceptors (Lipinski definition) is 11. The Bertz CT molecular complexity index is 1190. The van der Waals surface area contributed by atoms with Gasteiger partial charge in [-0.2, -0.15) is 4.98 Å². The smallest absolute Gasteiger partial charge is 0.321 e. The van der Waals surface area contributed by atoms with Gasteiger partial charge in [0.05, 0.1) is 6.33 Å². The molecule has 3 rings (SSSR count). The van der Waals surface area contributed by atoms with Crippen molar-refractivity contribution in [2.45, 2.75) is 65.1 Å². The van der Waals surface area contributed by atoms with Crippen molar-refractivity contribution in [3.05, 3.63) is 16.7 Å². The summed E-state index contributed by atoms with van der Waals surface area (Å²) in [5.74, 6) is -2.12. The zero-order chi connectivity index (χ0) is 26.4. The van der Waals surface area contributed by atoms with Crippen LogP contribution in [0.15, 0.2) is 11.1 Å². The molecule has 15 heteroatoms. The molecule has 2 aromatic heterocycles. The number of imidazole rings is 1. The summed E-state index contributed by atoms with van der Waals surface area (Å²) >= 11 is 0. The highest BCUT2D eigenvalue weighted by Crippen LogP contribution is 2.35. The molecule has 0 unspecified atom stereocenters. The van der Waals surface area contributed by atoms with E-state index in [0.29, 0.717) is 6.54 Å². The SMILES string of the molecule is CCCCNC(=O)Nc1nc2c(ncn2[C@@H]2O[C@H](COC(C)=O)[C@@H](OC(C)=O)[C@H]2OC(C)=O)c(=O)[nH]1. The number of fused-ring (bicyclic) bond motifs is 1. The molecule has 3 heterocycles. The number of hydrogen-bond donors (Lipinski definition) is 3. The van der Waals surface area contributed by atoms with Crippen molar-refractivity contribution in [2.24, 2.45) is 0 Å². The van der Waals surface area contributed by atoms with Gasteiger partial charge in [0.25, 0.3) is 5.56 Å². The summed E-state index contributed by atoms with van der Waals surface area (Å²) < 4.78 is 23.0. The van der Waals surface area contributed by atoms with E-state index in [9.17, 15) is 24.0 Å². The molecule has 3 N–H and O–H groups in total. The zero-order valence-corrected chi connectivity index (χ0v) is 20.2. The van der Waals surface area contributed by atoms with Gasteiger partial charge in [0.15, 0.2) is 29.6 Å². The molecule has 196 valence electrons. The molecule has 15 nitrogen and oxygen atoms in total. The molecule has 0 spiro atoms. The number of nitrogens with zero attached hydrogens (tertiary/aromatic N) is 3. The molecule has 0 bridgehead atoms. The lowest BCUT2D eigenvalue weighted by molar-refractivity contribution is -0.166. The minimum Gasteiger partial charge on any atom is -0.463 e. The minimum atomic E-state index is -1.20. The average Bonchev–Trinajstić information content (AvgIpc) is 3.34. The fourth-order valence-electron chi connectivity index (χ4n) is 3.62. The number of unbranched alkanes of at least 4 members (excludes halogenated alkanes) is 1. The molecule has 4 atom stereocenters. The number of amides is 2. The molecule has 1 aliphatic heterocycles. The first-order valence-electron chi connectivity index (χ1n) is 11.3. The van der Waals surface area contributed by atoms with E-state index in [1.165, 1.54) is 17.8 Å². The Labute approximate surface area is 204 Å². The number of urea groups is 1. The summed E-state index contributed by atoms with van der Waals surface area (Å²) in [5.41, 5.74) is -0.721. The maximum absolute atomic E-state index is 12.6. The van der Waals surface area contributed by atoms with Gasteiger partial charge in [-0.3, -0.25) is 34.0 Å². The van der Waals surface area contributed by atoms with E-state index in [4.69, 9.17) is 18.9 Å². The Morgan fingerprint density at radius 2 is 1.81 bits per heavy atom. The first-order valence-corrected chi connectivity index (χ1v) is 11.3. The Morgan fingerprint density at radius 1 is 1.11 bits per heavy atom. The van der Waals surface area contributed by atoms with Crippen LogP contribution in [-0.4, -0.2) is 74.9 Å². The van der Waals surface area contributed by atoms with Crippen LogP contribution in [0.3, 0.4) is 0 Å². The van der Waals surface area contributed by atoms with Crippen LogP contribution in [0, 0.1) is 0 Å². The van der Waals surface area contributed by atoms with Gasteiger partial charge in [0, 0.05) is 27.3 Å². The lowest BCUT2D eigenvalue weighted by Gasteiger charge is -2.23. The van der Waals surface area contributed by atoms with Crippen molar-refractivity contribution >= 4 is 41.1 Å². The monoisotopic (exact) mass is 508 g/mol. The van der Waals surface area contributed by atoms with Crippen molar-refractivity contribution in [3.8, 4) is 0 Å². The van der Waals surface area contributed by atoms with E-state index in [0.717, 1.165) is 26.7 Å². The number of nitrogens with one attached hydrogen (secondary N) is 3. The molecule has 2 aromatic rings. The van der Waals surface area contributed by atoms with Crippen LogP contribution in [0.5, 0.6) is 0 Å². The lowest BCUT2D eigenvalue weighted by Crippen LogP contribution is -2.40. The number of aromatic nitrogens is 4. The maximum atomic E-state index is 12.6. The molecule has 0 saturated carbocycles. The summed E-state index contributed by atoms with van der Waals surface area (Å²) in [6.45, 7) is 5.64. The molecule has 0 aromatic carbocycles. The van der Waals surface area contributed by atoms with Crippen LogP contribution in [0.2, 0.25) is 0 Å². The van der Waals surface area contributed by atoms with E-state index in [1.54, 1.807) is 0 Å². The molecular formula is C21H28N6O9. The third-order valence-corrected chi connectivity index (χ3v) is 5.09. The summed E-state index contributed by atoms with van der Waals surface area (Å²) in [4.78, 5) is 70.4. The fourth-order valence-corrected chi connectivity index (χ4v) is 3.62. The Morgan fingerprint density at radius 3 is 2.44 bits per heavy atom. The number of ether oxygens (including phenoxy) is 4. The van der Waals surface area contributed by atoms with Crippen LogP contribution in [0.4, 0.5) is 10.7 Å². The highest BCUT2D eigenvalue weighted by atomic mass is 16.7. The van der Waals surface area contributed by atoms with E-state index < -0.39 is 54.0 Å². The van der Waals surface area contributed by atoms with Crippen molar-refractivity contribution in [2.75, 3.05) is 18.5 Å². The summed E-state index contributed by atoms with van der Waals surface area (Å²) in [6, 6.07) is -0.566. The van der Waals surface area contributed by atoms with E-state index in [2.05, 4.69) is 25.6 Å². The maximum Gasteiger partial charge on any atom is 0.321 e. The number of H-pyrrole nitrogens is 1. The lowest BCUT2D eigenvalue weighted by atomic mass is 10.1. The molecule has 0 aliphatic carbocycles. The van der Waals surface area contributed by atoms with Crippen LogP contribution < -0.4 is 16.2 Å². The number of anilines is 1. The number of esters is 3. The second kappa shape index (κ2) is 11.6. The summed E-state index contributed by atoms with van der Waals surface area (Å²) in [5, 5.41) is 5.09. The van der Waals surface area contributed by atoms with Crippen LogP contribution in [-0.2, 0) is 33.3 Å². The number of aromatic amines is 1. The number of carbonyl (C=O) groups is 4. The largest absolute Gasteiger partial charge is 0.463 e. The summed E-state index contributed by atoms with van der Waals surface area (Å²) in [7, 11) is 0. The first kappa shape index (κ1) is 26.6. The van der Waals surface area contributed by atoms with Crippen molar-refractivity contribution in [3.63, 3.8) is 0 Å². The third kappa shape index (κ3) is 6.35. The van der Waals surface area contributed by atoms with E-state index in [1.807, 2.05) is 6.92 Å². The van der Waals surface area contributed by atoms with E-state index >= 15 is 0 Å². The topological polar surface area (TPSA) is 193 Å². The van der Waals surface area contributed by atoms with Gasteiger partial charge in [0.1, 0.15) is 12.7 Å². The van der Waals surface area contributed by atoms with Gasteiger partial charge in [-0.25, -0.2) is 9.78 Å². The van der Waals surface area contributed by atoms with Gasteiger partial charge in [-0.1, -0.05) is 13.3 Å². The van der Waals surface area contributed by atoms with Gasteiger partial charge in [-0.05, 0) is 6.42 Å². The highest BCUT2D eigenvalue weighted by molar-refractivity contribution is 5.88. The van der Waals surface area contributed by atoms with Crippen molar-refractivity contribution in [1.29, 1.82) is 0 Å². The van der Waals surface area contributed by atoms with E-state index in [-0.39, 0.29) is 23.7 Å². The predicted octanol–water partition coefficient (Wildman–Crippen LogP) is 0.365. The minimum absolute atomic E-state index is 0.000489. The quantitative estimate of drug-likeness (QED) is 0.241. The van der Waals surface area contributed by atoms with Gasteiger partial charge < -0.3 is 24.3 Å². The number of carbonyl (C=O) groups excluding carboxylic acids is 4. The number of rotatable bonds is 9. The molecule has 1 fully saturated rings. The van der Waals surface area contributed by atoms with Crippen LogP contribution in [0.25, 0.3) is 11.2 Å². The van der Waals surface area contributed by atoms with Gasteiger partial charge in [-0.15, -0.1) is 0 Å². The second-order valence-electron chi connectivity index (χ2n) is 7.99. The van der Waals surface area contributed by atoms with Gasteiger partial charge in [0.2, 0.25) is 5.95 Å². The van der Waals surface area contributed by atoms with Crippen LogP contribution in [0.1, 0.15) is 46.8 Å². The van der Waals surface area contributed by atoms with Crippen LogP contribution >= 0.6 is 0 Å². The molecule has 1 saturated heterocycles. The zero-order valence-electron chi connectivity index (χ0n) is 20.2. The average molecular weight is 508 g/mol. The molecule has 1 aliphatic rings. The molecule has 0 radical (unpaired) electrons.